The fourth-order valence-corrected chi connectivity index (χ4v) is 2.87. The van der Waals surface area contributed by atoms with Gasteiger partial charge in [-0.1, -0.05) is 0 Å². The quantitative estimate of drug-likeness (QED) is 0.189. The predicted octanol–water partition coefficient (Wildman–Crippen LogP) is -3.96. The summed E-state index contributed by atoms with van der Waals surface area (Å²) in [4.78, 5) is 46.0. The Bertz CT molecular complexity index is 630. The van der Waals surface area contributed by atoms with E-state index in [1.807, 2.05) is 0 Å². The normalized spacial score (nSPS) is 28.7. The number of carbonyl (C=O) groups is 4. The minimum Gasteiger partial charge on any atom is -0.477 e. The number of hydrogen-bond acceptors (Lipinski definition) is 9. The summed E-state index contributed by atoms with van der Waals surface area (Å²) in [6.07, 6.45) is -7.28. The number of aliphatic hydroxyl groups excluding tert-OH is 3. The van der Waals surface area contributed by atoms with Crippen molar-refractivity contribution in [3.8, 4) is 0 Å². The molecule has 29 heavy (non-hydrogen) atoms. The molecule has 0 aromatic rings. The minimum absolute atomic E-state index is 0.206. The van der Waals surface area contributed by atoms with E-state index in [2.05, 4.69) is 16.0 Å². The third kappa shape index (κ3) is 6.08. The highest BCUT2D eigenvalue weighted by Gasteiger charge is 2.55. The molecule has 3 amide bonds. The molecule has 0 saturated carbocycles. The number of carboxylic acid groups (broad SMARTS) is 1. The van der Waals surface area contributed by atoms with Crippen molar-refractivity contribution in [2.75, 3.05) is 20.2 Å². The molecular weight excluding hydrogens is 394 g/mol. The first-order chi connectivity index (χ1) is 13.5. The van der Waals surface area contributed by atoms with E-state index in [1.165, 1.54) is 0 Å². The van der Waals surface area contributed by atoms with E-state index < -0.39 is 72.9 Å². The molecule has 1 aliphatic heterocycles. The summed E-state index contributed by atoms with van der Waals surface area (Å²) in [5, 5.41) is 47.1. The molecule has 0 aliphatic carbocycles. The summed E-state index contributed by atoms with van der Waals surface area (Å²) in [5.74, 6) is -6.52. The number of ether oxygens (including phenoxy) is 2. The molecule has 13 nitrogen and oxygen atoms in total. The van der Waals surface area contributed by atoms with Gasteiger partial charge in [-0.05, 0) is 6.92 Å². The first-order valence-corrected chi connectivity index (χ1v) is 8.82. The molecule has 1 saturated heterocycles. The summed E-state index contributed by atoms with van der Waals surface area (Å²) in [7, 11) is 1.02. The molecule has 0 unspecified atom stereocenters. The van der Waals surface area contributed by atoms with Gasteiger partial charge in [-0.25, -0.2) is 4.79 Å². The second-order valence-electron chi connectivity index (χ2n) is 6.47. The van der Waals surface area contributed by atoms with Crippen LogP contribution in [0.2, 0.25) is 0 Å². The fourth-order valence-electron chi connectivity index (χ4n) is 2.87. The van der Waals surface area contributed by atoms with Crippen molar-refractivity contribution in [2.45, 2.75) is 56.5 Å². The first kappa shape index (κ1) is 24.7. The number of carbonyl (C=O) groups excluding carboxylic acids is 3. The molecule has 6 atom stereocenters. The molecular formula is C16H27N3O10. The van der Waals surface area contributed by atoms with E-state index in [1.54, 1.807) is 6.92 Å². The molecule has 7 N–H and O–H groups in total. The van der Waals surface area contributed by atoms with Gasteiger partial charge >= 0.3 is 17.8 Å². The van der Waals surface area contributed by atoms with E-state index in [-0.39, 0.29) is 6.54 Å². The van der Waals surface area contributed by atoms with Crippen LogP contribution in [0, 0.1) is 0 Å². The lowest BCUT2D eigenvalue weighted by atomic mass is 9.88. The number of likely N-dealkylation sites (N-methyl/N-ethyl adjacent to an activating group) is 1. The molecule has 13 heteroatoms. The van der Waals surface area contributed by atoms with Gasteiger partial charge in [0.2, 0.25) is 5.91 Å². The predicted molar refractivity (Wildman–Crippen MR) is 94.2 cm³/mol. The molecule has 1 heterocycles. The van der Waals surface area contributed by atoms with Crippen LogP contribution in [0.3, 0.4) is 0 Å². The van der Waals surface area contributed by atoms with Crippen LogP contribution >= 0.6 is 0 Å². The van der Waals surface area contributed by atoms with Crippen molar-refractivity contribution < 1.29 is 49.1 Å². The number of aliphatic carboxylic acids is 1. The van der Waals surface area contributed by atoms with Crippen molar-refractivity contribution in [1.82, 2.24) is 16.0 Å². The number of rotatable bonds is 8. The Hall–Kier alpha value is -2.32. The van der Waals surface area contributed by atoms with Crippen LogP contribution < -0.4 is 16.0 Å². The number of hydrogen-bond donors (Lipinski definition) is 7. The van der Waals surface area contributed by atoms with E-state index in [0.717, 1.165) is 14.0 Å². The number of aliphatic hydroxyl groups is 3. The number of amides is 3. The minimum atomic E-state index is -2.33. The third-order valence-corrected chi connectivity index (χ3v) is 4.34. The van der Waals surface area contributed by atoms with Crippen molar-refractivity contribution in [1.29, 1.82) is 0 Å². The average Bonchev–Trinajstić information content (AvgIpc) is 2.66. The molecule has 0 aromatic carbocycles. The van der Waals surface area contributed by atoms with Crippen LogP contribution in [0.1, 0.15) is 20.3 Å². The van der Waals surface area contributed by atoms with Crippen molar-refractivity contribution in [3.63, 3.8) is 0 Å². The van der Waals surface area contributed by atoms with Gasteiger partial charge in [0.1, 0.15) is 12.2 Å². The van der Waals surface area contributed by atoms with E-state index in [0.29, 0.717) is 0 Å². The lowest BCUT2D eigenvalue weighted by Gasteiger charge is -2.46. The average molecular weight is 421 g/mol. The van der Waals surface area contributed by atoms with Crippen LogP contribution in [-0.4, -0.2) is 101 Å². The van der Waals surface area contributed by atoms with Crippen LogP contribution in [0.15, 0.2) is 0 Å². The van der Waals surface area contributed by atoms with Gasteiger partial charge in [-0.2, -0.15) is 0 Å². The Balaban J connectivity index is 2.98. The zero-order valence-electron chi connectivity index (χ0n) is 16.2. The number of carboxylic acids is 1. The van der Waals surface area contributed by atoms with E-state index in [4.69, 9.17) is 9.47 Å². The summed E-state index contributed by atoms with van der Waals surface area (Å²) in [5.41, 5.74) is 0. The molecule has 0 radical (unpaired) electrons. The molecule has 1 rings (SSSR count). The standard InChI is InChI=1S/C16H27N3O10/c1-4-17-13(24)14(25)18-6-9(22)11(23)12-10(19-7(2)20)8(21)5-16(28-3,29-12)15(26)27/h8-12,21-23H,4-6H2,1-3H3,(H,17,24)(H,18,25)(H,19,20)(H,26,27)/t8-,9+,10+,11+,12+,16+/m0/s1. The maximum absolute atomic E-state index is 11.6. The molecule has 1 aliphatic rings. The van der Waals surface area contributed by atoms with Crippen LogP contribution in [0.4, 0.5) is 0 Å². The maximum Gasteiger partial charge on any atom is 0.364 e. The monoisotopic (exact) mass is 421 g/mol. The largest absolute Gasteiger partial charge is 0.477 e. The summed E-state index contributed by atoms with van der Waals surface area (Å²) >= 11 is 0. The second kappa shape index (κ2) is 10.5. The Morgan fingerprint density at radius 2 is 1.79 bits per heavy atom. The third-order valence-electron chi connectivity index (χ3n) is 4.34. The molecule has 0 bridgehead atoms. The van der Waals surface area contributed by atoms with Crippen molar-refractivity contribution >= 4 is 23.7 Å². The summed E-state index contributed by atoms with van der Waals surface area (Å²) in [6, 6.07) is -1.28. The molecule has 1 fully saturated rings. The lowest BCUT2D eigenvalue weighted by Crippen LogP contribution is -2.68. The van der Waals surface area contributed by atoms with Gasteiger partial charge in [0.25, 0.3) is 5.79 Å². The zero-order valence-corrected chi connectivity index (χ0v) is 16.2. The van der Waals surface area contributed by atoms with Crippen molar-refractivity contribution in [3.05, 3.63) is 0 Å². The number of methoxy groups -OCH3 is 1. The van der Waals surface area contributed by atoms with Gasteiger partial charge in [0.05, 0.1) is 18.2 Å². The number of nitrogens with one attached hydrogen (secondary N) is 3. The van der Waals surface area contributed by atoms with Gasteiger partial charge in [0.15, 0.2) is 0 Å². The lowest BCUT2D eigenvalue weighted by molar-refractivity contribution is -0.303. The Morgan fingerprint density at radius 3 is 2.28 bits per heavy atom. The SMILES string of the molecule is CCNC(=O)C(=O)NC[C@@H](O)[C@@H](O)[C@@H]1O[C@@](OC)(C(=O)O)C[C@H](O)[C@H]1NC(C)=O. The topological polar surface area (TPSA) is 204 Å². The highest BCUT2D eigenvalue weighted by atomic mass is 16.7. The smallest absolute Gasteiger partial charge is 0.364 e. The molecule has 166 valence electrons. The molecule has 0 spiro atoms. The van der Waals surface area contributed by atoms with E-state index >= 15 is 0 Å². The van der Waals surface area contributed by atoms with Gasteiger partial charge in [0, 0.05) is 33.5 Å². The van der Waals surface area contributed by atoms with Crippen LogP contribution in [-0.2, 0) is 28.7 Å². The van der Waals surface area contributed by atoms with Gasteiger partial charge in [-0.15, -0.1) is 0 Å². The summed E-state index contributed by atoms with van der Waals surface area (Å²) in [6.45, 7) is 2.35. The fraction of sp³-hybridized carbons (Fsp3) is 0.750. The highest BCUT2D eigenvalue weighted by molar-refractivity contribution is 6.35. The Labute approximate surface area is 166 Å². The zero-order chi connectivity index (χ0) is 22.4. The van der Waals surface area contributed by atoms with Crippen LogP contribution in [0.25, 0.3) is 0 Å². The van der Waals surface area contributed by atoms with Gasteiger partial charge in [-0.3, -0.25) is 14.4 Å². The summed E-state index contributed by atoms with van der Waals surface area (Å²) < 4.78 is 10.2. The second-order valence-corrected chi connectivity index (χ2v) is 6.47. The highest BCUT2D eigenvalue weighted by Crippen LogP contribution is 2.32. The Kier molecular flexibility index (Phi) is 8.91. The Morgan fingerprint density at radius 1 is 1.21 bits per heavy atom. The van der Waals surface area contributed by atoms with Gasteiger partial charge < -0.3 is 45.9 Å². The first-order valence-electron chi connectivity index (χ1n) is 8.82. The van der Waals surface area contributed by atoms with Crippen molar-refractivity contribution in [2.24, 2.45) is 0 Å². The maximum atomic E-state index is 11.6. The van der Waals surface area contributed by atoms with E-state index in [9.17, 15) is 39.6 Å². The van der Waals surface area contributed by atoms with Crippen LogP contribution in [0.5, 0.6) is 0 Å². The molecule has 0 aromatic heterocycles.